The molecule has 0 spiro atoms. The van der Waals surface area contributed by atoms with E-state index in [-0.39, 0.29) is 5.60 Å². The van der Waals surface area contributed by atoms with Crippen LogP contribution in [-0.4, -0.2) is 17.1 Å². The van der Waals surface area contributed by atoms with Gasteiger partial charge in [0.1, 0.15) is 0 Å². The highest BCUT2D eigenvalue weighted by Gasteiger charge is 2.48. The second-order valence-electron chi connectivity index (χ2n) is 6.99. The minimum Gasteiger partial charge on any atom is -0.423 e. The quantitative estimate of drug-likeness (QED) is 0.698. The van der Waals surface area contributed by atoms with Gasteiger partial charge in [0.2, 0.25) is 0 Å². The van der Waals surface area contributed by atoms with Gasteiger partial charge in [-0.15, -0.1) is 0 Å². The summed E-state index contributed by atoms with van der Waals surface area (Å²) < 4.78 is 6.82. The lowest BCUT2D eigenvalue weighted by atomic mass is 9.96. The zero-order chi connectivity index (χ0) is 11.3. The zero-order valence-electron chi connectivity index (χ0n) is 10.6. The Balaban J connectivity index is 1.31. The van der Waals surface area contributed by atoms with Gasteiger partial charge in [-0.2, -0.15) is 11.6 Å². The molecule has 4 saturated carbocycles. The maximum atomic E-state index is 6.23. The fourth-order valence-electron chi connectivity index (χ4n) is 4.84. The SMILES string of the molecule is [B](OC12CCC(CC1)C2)SC12CCC(CC1)C2. The first kappa shape index (κ1) is 11.2. The van der Waals surface area contributed by atoms with E-state index in [1.54, 1.807) is 0 Å². The molecule has 0 aliphatic heterocycles. The van der Waals surface area contributed by atoms with E-state index in [4.69, 9.17) is 4.65 Å². The molecular weight excluding hydrogens is 227 g/mol. The number of hydrogen-bond acceptors (Lipinski definition) is 2. The van der Waals surface area contributed by atoms with Crippen molar-refractivity contribution in [1.82, 2.24) is 0 Å². The van der Waals surface area contributed by atoms with Gasteiger partial charge in [-0.05, 0) is 76.0 Å². The fraction of sp³-hybridized carbons (Fsp3) is 1.00. The molecule has 0 amide bonds. The summed E-state index contributed by atoms with van der Waals surface area (Å²) in [6.07, 6.45) is 14.1. The van der Waals surface area contributed by atoms with Gasteiger partial charge < -0.3 is 4.65 Å². The third-order valence-electron chi connectivity index (χ3n) is 5.95. The summed E-state index contributed by atoms with van der Waals surface area (Å²) >= 11 is 2.05. The van der Waals surface area contributed by atoms with Gasteiger partial charge in [0.15, 0.2) is 0 Å². The van der Waals surface area contributed by atoms with Crippen molar-refractivity contribution >= 4 is 18.4 Å². The third kappa shape index (κ3) is 1.88. The van der Waals surface area contributed by atoms with Crippen molar-refractivity contribution < 1.29 is 4.65 Å². The fourth-order valence-corrected chi connectivity index (χ4v) is 6.10. The molecule has 4 aliphatic carbocycles. The lowest BCUT2D eigenvalue weighted by molar-refractivity contribution is 0.0903. The zero-order valence-corrected chi connectivity index (χ0v) is 11.4. The van der Waals surface area contributed by atoms with E-state index in [1.807, 2.05) is 11.6 Å². The van der Waals surface area contributed by atoms with Crippen LogP contribution in [-0.2, 0) is 4.65 Å². The van der Waals surface area contributed by atoms with Crippen molar-refractivity contribution in [2.45, 2.75) is 74.6 Å². The molecule has 0 aromatic heterocycles. The van der Waals surface area contributed by atoms with Gasteiger partial charge in [-0.3, -0.25) is 0 Å². The Hall–Kier alpha value is 0.375. The largest absolute Gasteiger partial charge is 0.423 e. The van der Waals surface area contributed by atoms with Crippen LogP contribution in [0.4, 0.5) is 0 Å². The molecule has 17 heavy (non-hydrogen) atoms. The maximum Gasteiger partial charge on any atom is 0.372 e. The molecular formula is C14H22BOS. The molecule has 4 aliphatic rings. The smallest absolute Gasteiger partial charge is 0.372 e. The molecule has 0 heterocycles. The monoisotopic (exact) mass is 249 g/mol. The average molecular weight is 249 g/mol. The van der Waals surface area contributed by atoms with Gasteiger partial charge in [0.05, 0.1) is 5.60 Å². The number of rotatable bonds is 4. The van der Waals surface area contributed by atoms with E-state index in [1.165, 1.54) is 64.2 Å². The Morgan fingerprint density at radius 2 is 1.53 bits per heavy atom. The molecule has 0 saturated heterocycles. The second-order valence-corrected chi connectivity index (χ2v) is 8.29. The highest BCUT2D eigenvalue weighted by Crippen LogP contribution is 2.56. The van der Waals surface area contributed by atoms with Crippen LogP contribution in [0, 0.1) is 11.8 Å². The van der Waals surface area contributed by atoms with Crippen molar-refractivity contribution in [2.75, 3.05) is 0 Å². The highest BCUT2D eigenvalue weighted by molar-refractivity contribution is 8.22. The van der Waals surface area contributed by atoms with Crippen LogP contribution in [0.2, 0.25) is 0 Å². The molecule has 4 rings (SSSR count). The molecule has 4 bridgehead atoms. The van der Waals surface area contributed by atoms with E-state index < -0.39 is 0 Å². The van der Waals surface area contributed by atoms with Crippen molar-refractivity contribution in [3.63, 3.8) is 0 Å². The van der Waals surface area contributed by atoms with Gasteiger partial charge in [0, 0.05) is 4.75 Å². The van der Waals surface area contributed by atoms with Gasteiger partial charge >= 0.3 is 6.76 Å². The van der Waals surface area contributed by atoms with Crippen LogP contribution < -0.4 is 0 Å². The van der Waals surface area contributed by atoms with E-state index in [2.05, 4.69) is 6.76 Å². The third-order valence-corrected chi connectivity index (χ3v) is 7.22. The minimum atomic E-state index is 0.283. The summed E-state index contributed by atoms with van der Waals surface area (Å²) in [5.41, 5.74) is 0.283. The lowest BCUT2D eigenvalue weighted by Crippen LogP contribution is -2.30. The number of hydrogen-bond donors (Lipinski definition) is 0. The van der Waals surface area contributed by atoms with E-state index in [0.29, 0.717) is 4.75 Å². The summed E-state index contributed by atoms with van der Waals surface area (Å²) in [4.78, 5) is 0. The molecule has 0 unspecified atom stereocenters. The van der Waals surface area contributed by atoms with Crippen molar-refractivity contribution in [3.05, 3.63) is 0 Å². The molecule has 0 N–H and O–H groups in total. The van der Waals surface area contributed by atoms with Gasteiger partial charge in [0.25, 0.3) is 0 Å². The van der Waals surface area contributed by atoms with Crippen LogP contribution in [0.1, 0.15) is 64.2 Å². The van der Waals surface area contributed by atoms with Gasteiger partial charge in [-0.1, -0.05) is 0 Å². The topological polar surface area (TPSA) is 9.23 Å². The van der Waals surface area contributed by atoms with Crippen molar-refractivity contribution in [3.8, 4) is 0 Å². The van der Waals surface area contributed by atoms with E-state index in [0.717, 1.165) is 11.8 Å². The van der Waals surface area contributed by atoms with Crippen LogP contribution in [0.25, 0.3) is 0 Å². The molecule has 1 nitrogen and oxygen atoms in total. The Labute approximate surface area is 110 Å². The molecule has 0 aromatic carbocycles. The second kappa shape index (κ2) is 3.93. The van der Waals surface area contributed by atoms with Crippen molar-refractivity contribution in [1.29, 1.82) is 0 Å². The lowest BCUT2D eigenvalue weighted by Gasteiger charge is -2.30. The first-order valence-electron chi connectivity index (χ1n) is 7.45. The van der Waals surface area contributed by atoms with Crippen LogP contribution >= 0.6 is 11.6 Å². The summed E-state index contributed by atoms with van der Waals surface area (Å²) in [5, 5.41) is 0. The predicted octanol–water partition coefficient (Wildman–Crippen LogP) is 3.94. The van der Waals surface area contributed by atoms with Crippen LogP contribution in [0.3, 0.4) is 0 Å². The Bertz CT molecular complexity index is 273. The molecule has 3 heteroatoms. The normalized spacial score (nSPS) is 51.3. The molecule has 0 atom stereocenters. The standard InChI is InChI=1S/C14H22BOS/c1-5-13(6-2-11(1)9-13)16-15-17-14-7-3-12(10-14)4-8-14/h11-12H,1-10H2. The summed E-state index contributed by atoms with van der Waals surface area (Å²) in [7, 11) is 0. The van der Waals surface area contributed by atoms with Crippen LogP contribution in [0.15, 0.2) is 0 Å². The number of fused-ring (bicyclic) bond motifs is 4. The Morgan fingerprint density at radius 3 is 2.06 bits per heavy atom. The summed E-state index contributed by atoms with van der Waals surface area (Å²) in [6.45, 7) is 2.15. The molecule has 0 aromatic rings. The first-order chi connectivity index (χ1) is 8.28. The summed E-state index contributed by atoms with van der Waals surface area (Å²) in [6, 6.07) is 0. The minimum absolute atomic E-state index is 0.283. The first-order valence-corrected chi connectivity index (χ1v) is 8.33. The maximum absolute atomic E-state index is 6.23. The van der Waals surface area contributed by atoms with Crippen molar-refractivity contribution in [2.24, 2.45) is 11.8 Å². The summed E-state index contributed by atoms with van der Waals surface area (Å²) in [5.74, 6) is 2.05. The van der Waals surface area contributed by atoms with E-state index in [9.17, 15) is 0 Å². The van der Waals surface area contributed by atoms with Gasteiger partial charge in [-0.25, -0.2) is 0 Å². The molecule has 4 fully saturated rings. The predicted molar refractivity (Wildman–Crippen MR) is 73.0 cm³/mol. The Morgan fingerprint density at radius 1 is 0.882 bits per heavy atom. The Kier molecular flexibility index (Phi) is 2.60. The molecule has 93 valence electrons. The van der Waals surface area contributed by atoms with E-state index >= 15 is 0 Å². The highest BCUT2D eigenvalue weighted by atomic mass is 32.2. The van der Waals surface area contributed by atoms with Crippen LogP contribution in [0.5, 0.6) is 0 Å². The average Bonchev–Trinajstić information content (AvgIpc) is 3.08. The molecule has 1 radical (unpaired) electrons.